The van der Waals surface area contributed by atoms with Gasteiger partial charge in [0.25, 0.3) is 0 Å². The molecule has 1 saturated carbocycles. The van der Waals surface area contributed by atoms with Gasteiger partial charge < -0.3 is 10.1 Å². The van der Waals surface area contributed by atoms with Crippen molar-refractivity contribution in [2.24, 2.45) is 0 Å². The van der Waals surface area contributed by atoms with Crippen LogP contribution in [0.15, 0.2) is 36.7 Å². The predicted molar refractivity (Wildman–Crippen MR) is 80.6 cm³/mol. The summed E-state index contributed by atoms with van der Waals surface area (Å²) in [4.78, 5) is 4.11. The SMILES string of the molecule is Clc1ccc(Cl)c(Oc2cnccc2CNC2CC2)c1. The molecule has 0 bridgehead atoms. The average Bonchev–Trinajstić information content (AvgIpc) is 3.26. The van der Waals surface area contributed by atoms with Crippen LogP contribution in [0.1, 0.15) is 18.4 Å². The first-order chi connectivity index (χ1) is 9.72. The lowest BCUT2D eigenvalue weighted by atomic mass is 10.2. The van der Waals surface area contributed by atoms with Crippen LogP contribution in [0.2, 0.25) is 10.0 Å². The molecule has 1 aliphatic rings. The van der Waals surface area contributed by atoms with Gasteiger partial charge in [0, 0.05) is 35.4 Å². The first-order valence-corrected chi connectivity index (χ1v) is 7.27. The van der Waals surface area contributed by atoms with Gasteiger partial charge in [-0.25, -0.2) is 0 Å². The Hall–Kier alpha value is -1.29. The van der Waals surface area contributed by atoms with Crippen molar-refractivity contribution in [2.75, 3.05) is 0 Å². The molecule has 1 aliphatic carbocycles. The van der Waals surface area contributed by atoms with Gasteiger partial charge in [0.1, 0.15) is 11.5 Å². The summed E-state index contributed by atoms with van der Waals surface area (Å²) in [5, 5.41) is 4.57. The Morgan fingerprint density at radius 2 is 2.05 bits per heavy atom. The number of halogens is 2. The molecule has 5 heteroatoms. The van der Waals surface area contributed by atoms with E-state index in [-0.39, 0.29) is 0 Å². The number of nitrogens with one attached hydrogen (secondary N) is 1. The summed E-state index contributed by atoms with van der Waals surface area (Å²) < 4.78 is 5.85. The molecule has 0 radical (unpaired) electrons. The van der Waals surface area contributed by atoms with Crippen LogP contribution in [-0.4, -0.2) is 11.0 Å². The van der Waals surface area contributed by atoms with Crippen LogP contribution in [0, 0.1) is 0 Å². The molecular formula is C15H14Cl2N2O. The molecule has 1 N–H and O–H groups in total. The molecule has 0 spiro atoms. The number of hydrogen-bond donors (Lipinski definition) is 1. The molecule has 1 aromatic carbocycles. The van der Waals surface area contributed by atoms with Crippen LogP contribution < -0.4 is 10.1 Å². The topological polar surface area (TPSA) is 34.1 Å². The van der Waals surface area contributed by atoms with Crippen LogP contribution in [0.3, 0.4) is 0 Å². The molecule has 104 valence electrons. The second kappa shape index (κ2) is 6.00. The van der Waals surface area contributed by atoms with E-state index in [1.54, 1.807) is 30.6 Å². The van der Waals surface area contributed by atoms with Gasteiger partial charge >= 0.3 is 0 Å². The molecule has 2 aromatic rings. The lowest BCUT2D eigenvalue weighted by molar-refractivity contribution is 0.470. The van der Waals surface area contributed by atoms with Crippen molar-refractivity contribution in [3.8, 4) is 11.5 Å². The molecular weight excluding hydrogens is 295 g/mol. The van der Waals surface area contributed by atoms with Gasteiger partial charge in [-0.2, -0.15) is 0 Å². The highest BCUT2D eigenvalue weighted by molar-refractivity contribution is 6.34. The second-order valence-corrected chi connectivity index (χ2v) is 5.66. The summed E-state index contributed by atoms with van der Waals surface area (Å²) in [7, 11) is 0. The quantitative estimate of drug-likeness (QED) is 0.887. The summed E-state index contributed by atoms with van der Waals surface area (Å²) >= 11 is 12.1. The highest BCUT2D eigenvalue weighted by Crippen LogP contribution is 2.33. The maximum Gasteiger partial charge on any atom is 0.150 e. The van der Waals surface area contributed by atoms with Crippen molar-refractivity contribution in [2.45, 2.75) is 25.4 Å². The first-order valence-electron chi connectivity index (χ1n) is 6.51. The van der Waals surface area contributed by atoms with Gasteiger partial charge in [0.05, 0.1) is 11.2 Å². The molecule has 1 fully saturated rings. The van der Waals surface area contributed by atoms with Gasteiger partial charge in [-0.1, -0.05) is 23.2 Å². The predicted octanol–water partition coefficient (Wildman–Crippen LogP) is 4.43. The molecule has 1 aromatic heterocycles. The summed E-state index contributed by atoms with van der Waals surface area (Å²) in [5.74, 6) is 1.24. The Morgan fingerprint density at radius 1 is 1.20 bits per heavy atom. The summed E-state index contributed by atoms with van der Waals surface area (Å²) in [5.41, 5.74) is 1.06. The fourth-order valence-corrected chi connectivity index (χ4v) is 2.18. The van der Waals surface area contributed by atoms with E-state index >= 15 is 0 Å². The summed E-state index contributed by atoms with van der Waals surface area (Å²) in [6.45, 7) is 0.765. The van der Waals surface area contributed by atoms with Crippen molar-refractivity contribution in [3.05, 3.63) is 52.3 Å². The molecule has 1 heterocycles. The second-order valence-electron chi connectivity index (χ2n) is 4.82. The maximum absolute atomic E-state index is 6.12. The van der Waals surface area contributed by atoms with Crippen molar-refractivity contribution >= 4 is 23.2 Å². The maximum atomic E-state index is 6.12. The zero-order valence-electron chi connectivity index (χ0n) is 10.8. The van der Waals surface area contributed by atoms with E-state index in [0.717, 1.165) is 12.1 Å². The van der Waals surface area contributed by atoms with Crippen LogP contribution in [0.25, 0.3) is 0 Å². The number of hydrogen-bond acceptors (Lipinski definition) is 3. The van der Waals surface area contributed by atoms with Gasteiger partial charge in [-0.3, -0.25) is 4.98 Å². The molecule has 3 nitrogen and oxygen atoms in total. The van der Waals surface area contributed by atoms with Crippen molar-refractivity contribution < 1.29 is 4.74 Å². The van der Waals surface area contributed by atoms with Gasteiger partial charge in [-0.15, -0.1) is 0 Å². The molecule has 0 saturated heterocycles. The van der Waals surface area contributed by atoms with E-state index in [2.05, 4.69) is 10.3 Å². The van der Waals surface area contributed by atoms with E-state index in [1.807, 2.05) is 6.07 Å². The lowest BCUT2D eigenvalue weighted by Crippen LogP contribution is -2.15. The van der Waals surface area contributed by atoms with Crippen LogP contribution in [0.5, 0.6) is 11.5 Å². The third-order valence-electron chi connectivity index (χ3n) is 3.14. The third-order valence-corrected chi connectivity index (χ3v) is 3.69. The van der Waals surface area contributed by atoms with Crippen molar-refractivity contribution in [1.82, 2.24) is 10.3 Å². The van der Waals surface area contributed by atoms with Crippen molar-refractivity contribution in [3.63, 3.8) is 0 Å². The number of aromatic nitrogens is 1. The molecule has 0 amide bonds. The highest BCUT2D eigenvalue weighted by Gasteiger charge is 2.20. The molecule has 20 heavy (non-hydrogen) atoms. The number of benzene rings is 1. The minimum absolute atomic E-state index is 0.527. The molecule has 0 atom stereocenters. The lowest BCUT2D eigenvalue weighted by Gasteiger charge is -2.12. The smallest absolute Gasteiger partial charge is 0.150 e. The average molecular weight is 309 g/mol. The van der Waals surface area contributed by atoms with Crippen LogP contribution in [-0.2, 0) is 6.54 Å². The van der Waals surface area contributed by atoms with E-state index in [1.165, 1.54) is 12.8 Å². The zero-order valence-corrected chi connectivity index (χ0v) is 12.3. The van der Waals surface area contributed by atoms with E-state index in [0.29, 0.717) is 27.6 Å². The molecule has 0 aliphatic heterocycles. The van der Waals surface area contributed by atoms with Gasteiger partial charge in [0.15, 0.2) is 0 Å². The normalized spacial score (nSPS) is 14.3. The van der Waals surface area contributed by atoms with Crippen molar-refractivity contribution in [1.29, 1.82) is 0 Å². The Balaban J connectivity index is 1.80. The Labute approximate surface area is 127 Å². The highest BCUT2D eigenvalue weighted by atomic mass is 35.5. The molecule has 0 unspecified atom stereocenters. The fraction of sp³-hybridized carbons (Fsp3) is 0.267. The summed E-state index contributed by atoms with van der Waals surface area (Å²) in [6, 6.07) is 7.75. The number of ether oxygens (including phenoxy) is 1. The van der Waals surface area contributed by atoms with Gasteiger partial charge in [-0.05, 0) is 31.0 Å². The zero-order chi connectivity index (χ0) is 13.9. The summed E-state index contributed by atoms with van der Waals surface area (Å²) in [6.07, 6.45) is 5.96. The van der Waals surface area contributed by atoms with E-state index in [4.69, 9.17) is 27.9 Å². The van der Waals surface area contributed by atoms with Gasteiger partial charge in [0.2, 0.25) is 0 Å². The van der Waals surface area contributed by atoms with E-state index < -0.39 is 0 Å². The Morgan fingerprint density at radius 3 is 2.85 bits per heavy atom. The molecule has 3 rings (SSSR count). The van der Waals surface area contributed by atoms with Crippen LogP contribution >= 0.6 is 23.2 Å². The number of rotatable bonds is 5. The minimum atomic E-state index is 0.527. The number of pyridine rings is 1. The number of nitrogens with zero attached hydrogens (tertiary/aromatic N) is 1. The van der Waals surface area contributed by atoms with Crippen LogP contribution in [0.4, 0.5) is 0 Å². The minimum Gasteiger partial charge on any atom is -0.454 e. The largest absolute Gasteiger partial charge is 0.454 e. The first kappa shape index (κ1) is 13.7. The fourth-order valence-electron chi connectivity index (χ4n) is 1.86. The third kappa shape index (κ3) is 3.42. The van der Waals surface area contributed by atoms with E-state index in [9.17, 15) is 0 Å². The Kier molecular flexibility index (Phi) is 4.10. The Bertz CT molecular complexity index is 615. The standard InChI is InChI=1S/C15H14Cl2N2O/c16-11-1-4-13(17)14(7-11)20-15-9-18-6-5-10(15)8-19-12-2-3-12/h1,4-7,9,12,19H,2-3,8H2. The monoisotopic (exact) mass is 308 g/mol.